The predicted molar refractivity (Wildman–Crippen MR) is 72.1 cm³/mol. The number of nitrogens with one attached hydrogen (secondary N) is 1. The maximum absolute atomic E-state index is 12.4. The number of rotatable bonds is 5. The second kappa shape index (κ2) is 5.68. The predicted octanol–water partition coefficient (Wildman–Crippen LogP) is 3.16. The second-order valence-corrected chi connectivity index (χ2v) is 6.64. The number of carbonyl (C=O) groups excluding carboxylic acids is 1. The molecule has 1 aromatic heterocycles. The lowest BCUT2D eigenvalue weighted by atomic mass is 10.2. The second-order valence-electron chi connectivity index (χ2n) is 5.10. The maximum atomic E-state index is 12.4. The maximum Gasteiger partial charge on any atom is 0.435 e. The largest absolute Gasteiger partial charge is 0.435 e. The van der Waals surface area contributed by atoms with Gasteiger partial charge in [-0.15, -0.1) is 23.2 Å². The van der Waals surface area contributed by atoms with E-state index in [0.29, 0.717) is 19.4 Å². The van der Waals surface area contributed by atoms with Gasteiger partial charge in [-0.25, -0.2) is 0 Å². The first-order valence-electron chi connectivity index (χ1n) is 6.39. The Morgan fingerprint density at radius 3 is 2.71 bits per heavy atom. The van der Waals surface area contributed by atoms with Crippen molar-refractivity contribution in [1.82, 2.24) is 15.1 Å². The van der Waals surface area contributed by atoms with Crippen LogP contribution in [0.3, 0.4) is 0 Å². The minimum atomic E-state index is -4.52. The third-order valence-corrected chi connectivity index (χ3v) is 4.35. The average Bonchev–Trinajstić information content (AvgIpc) is 2.81. The minimum absolute atomic E-state index is 0.151. The summed E-state index contributed by atoms with van der Waals surface area (Å²) in [6, 6.07) is 0.0145. The average molecular weight is 344 g/mol. The van der Waals surface area contributed by atoms with Gasteiger partial charge in [0, 0.05) is 12.7 Å². The van der Waals surface area contributed by atoms with E-state index < -0.39 is 28.2 Å². The van der Waals surface area contributed by atoms with Crippen LogP contribution in [0, 0.1) is 5.92 Å². The number of alkyl halides is 5. The van der Waals surface area contributed by atoms with Crippen LogP contribution in [0.4, 0.5) is 13.2 Å². The molecule has 0 radical (unpaired) electrons. The van der Waals surface area contributed by atoms with Gasteiger partial charge in [-0.1, -0.05) is 0 Å². The summed E-state index contributed by atoms with van der Waals surface area (Å²) < 4.78 is 37.6. The van der Waals surface area contributed by atoms with E-state index in [1.165, 1.54) is 6.92 Å². The molecule has 1 amide bonds. The van der Waals surface area contributed by atoms with Crippen molar-refractivity contribution < 1.29 is 18.0 Å². The fraction of sp³-hybridized carbons (Fsp3) is 0.667. The molecular weight excluding hydrogens is 330 g/mol. The van der Waals surface area contributed by atoms with Crippen molar-refractivity contribution in [2.45, 2.75) is 36.3 Å². The van der Waals surface area contributed by atoms with Gasteiger partial charge in [-0.3, -0.25) is 9.48 Å². The Hall–Kier alpha value is -0.950. The van der Waals surface area contributed by atoms with Crippen LogP contribution in [0.15, 0.2) is 12.3 Å². The molecule has 2 atom stereocenters. The minimum Gasteiger partial charge on any atom is -0.354 e. The summed E-state index contributed by atoms with van der Waals surface area (Å²) >= 11 is 11.7. The molecule has 0 saturated heterocycles. The molecule has 0 spiro atoms. The lowest BCUT2D eigenvalue weighted by molar-refractivity contribution is -0.142. The van der Waals surface area contributed by atoms with Crippen LogP contribution >= 0.6 is 23.2 Å². The lowest BCUT2D eigenvalue weighted by Gasteiger charge is -2.13. The monoisotopic (exact) mass is 343 g/mol. The first kappa shape index (κ1) is 16.4. The summed E-state index contributed by atoms with van der Waals surface area (Å²) in [6.07, 6.45) is -2.05. The SMILES string of the molecule is CC(C(=O)NCCC1CC1(Cl)Cl)n1ccc(C(F)(F)F)n1. The molecule has 2 unspecified atom stereocenters. The summed E-state index contributed by atoms with van der Waals surface area (Å²) in [5, 5.41) is 6.01. The molecule has 21 heavy (non-hydrogen) atoms. The molecule has 1 fully saturated rings. The molecule has 1 heterocycles. The Balaban J connectivity index is 1.83. The molecule has 1 saturated carbocycles. The molecule has 1 aromatic rings. The van der Waals surface area contributed by atoms with Crippen molar-refractivity contribution in [2.24, 2.45) is 5.92 Å². The molecule has 9 heteroatoms. The van der Waals surface area contributed by atoms with Crippen LogP contribution in [-0.4, -0.2) is 26.6 Å². The van der Waals surface area contributed by atoms with Gasteiger partial charge in [-0.2, -0.15) is 18.3 Å². The summed E-state index contributed by atoms with van der Waals surface area (Å²) in [5.74, 6) is -0.250. The van der Waals surface area contributed by atoms with Crippen LogP contribution in [-0.2, 0) is 11.0 Å². The van der Waals surface area contributed by atoms with E-state index in [1.807, 2.05) is 0 Å². The van der Waals surface area contributed by atoms with E-state index in [-0.39, 0.29) is 5.92 Å². The highest BCUT2D eigenvalue weighted by atomic mass is 35.5. The van der Waals surface area contributed by atoms with Gasteiger partial charge >= 0.3 is 6.18 Å². The molecule has 0 aromatic carbocycles. The first-order valence-corrected chi connectivity index (χ1v) is 7.15. The highest BCUT2D eigenvalue weighted by Crippen LogP contribution is 2.54. The topological polar surface area (TPSA) is 46.9 Å². The summed E-state index contributed by atoms with van der Waals surface area (Å²) in [7, 11) is 0. The van der Waals surface area contributed by atoms with Crippen molar-refractivity contribution in [3.8, 4) is 0 Å². The van der Waals surface area contributed by atoms with Gasteiger partial charge in [0.05, 0.1) is 0 Å². The standard InChI is InChI=1S/C12H14Cl2F3N3O/c1-7(20-5-3-9(19-20)12(15,16)17)10(21)18-4-2-8-6-11(8,13)14/h3,5,7-8H,2,4,6H2,1H3,(H,18,21). The van der Waals surface area contributed by atoms with Crippen LogP contribution in [0.5, 0.6) is 0 Å². The normalized spacial score (nSPS) is 21.9. The third-order valence-electron chi connectivity index (χ3n) is 3.42. The molecule has 4 nitrogen and oxygen atoms in total. The molecule has 1 N–H and O–H groups in total. The quantitative estimate of drug-likeness (QED) is 0.834. The third kappa shape index (κ3) is 4.03. The van der Waals surface area contributed by atoms with Crippen molar-refractivity contribution >= 4 is 29.1 Å². The van der Waals surface area contributed by atoms with E-state index in [9.17, 15) is 18.0 Å². The fourth-order valence-electron chi connectivity index (χ4n) is 1.93. The molecule has 1 aliphatic carbocycles. The highest BCUT2D eigenvalue weighted by Gasteiger charge is 2.50. The van der Waals surface area contributed by atoms with Gasteiger partial charge in [0.1, 0.15) is 10.4 Å². The number of hydrogen-bond donors (Lipinski definition) is 1. The fourth-order valence-corrected chi connectivity index (χ4v) is 2.52. The van der Waals surface area contributed by atoms with Crippen molar-refractivity contribution in [3.05, 3.63) is 18.0 Å². The number of carbonyl (C=O) groups is 1. The van der Waals surface area contributed by atoms with Gasteiger partial charge in [0.25, 0.3) is 0 Å². The number of aromatic nitrogens is 2. The zero-order valence-electron chi connectivity index (χ0n) is 11.1. The van der Waals surface area contributed by atoms with Crippen LogP contribution < -0.4 is 5.32 Å². The number of hydrogen-bond acceptors (Lipinski definition) is 2. The smallest absolute Gasteiger partial charge is 0.354 e. The van der Waals surface area contributed by atoms with Crippen molar-refractivity contribution in [1.29, 1.82) is 0 Å². The van der Waals surface area contributed by atoms with E-state index in [2.05, 4.69) is 10.4 Å². The Bertz CT molecular complexity index is 530. The number of nitrogens with zero attached hydrogens (tertiary/aromatic N) is 2. The van der Waals surface area contributed by atoms with Crippen LogP contribution in [0.1, 0.15) is 31.5 Å². The zero-order valence-corrected chi connectivity index (χ0v) is 12.6. The molecule has 118 valence electrons. The Kier molecular flexibility index (Phi) is 4.44. The lowest BCUT2D eigenvalue weighted by Crippen LogP contribution is -2.32. The molecule has 0 bridgehead atoms. The van der Waals surface area contributed by atoms with Crippen LogP contribution in [0.2, 0.25) is 0 Å². The Labute approximate surface area is 129 Å². The van der Waals surface area contributed by atoms with Gasteiger partial charge in [0.2, 0.25) is 5.91 Å². The molecule has 2 rings (SSSR count). The van der Waals surface area contributed by atoms with Crippen molar-refractivity contribution in [2.75, 3.05) is 6.54 Å². The van der Waals surface area contributed by atoms with Crippen molar-refractivity contribution in [3.63, 3.8) is 0 Å². The van der Waals surface area contributed by atoms with Gasteiger partial charge in [0.15, 0.2) is 5.69 Å². The summed E-state index contributed by atoms with van der Waals surface area (Å²) in [4.78, 5) is 11.8. The number of halogens is 5. The molecular formula is C12H14Cl2F3N3O. The molecule has 0 aliphatic heterocycles. The number of amides is 1. The van der Waals surface area contributed by atoms with E-state index >= 15 is 0 Å². The van der Waals surface area contributed by atoms with E-state index in [0.717, 1.165) is 16.9 Å². The first-order chi connectivity index (χ1) is 9.61. The summed E-state index contributed by atoms with van der Waals surface area (Å²) in [6.45, 7) is 1.86. The highest BCUT2D eigenvalue weighted by molar-refractivity contribution is 6.50. The van der Waals surface area contributed by atoms with Gasteiger partial charge < -0.3 is 5.32 Å². The van der Waals surface area contributed by atoms with E-state index in [1.54, 1.807) is 0 Å². The Morgan fingerprint density at radius 1 is 1.62 bits per heavy atom. The van der Waals surface area contributed by atoms with E-state index in [4.69, 9.17) is 23.2 Å². The summed E-state index contributed by atoms with van der Waals surface area (Å²) in [5.41, 5.74) is -1.02. The van der Waals surface area contributed by atoms with Gasteiger partial charge in [-0.05, 0) is 31.7 Å². The van der Waals surface area contributed by atoms with Crippen LogP contribution in [0.25, 0.3) is 0 Å². The zero-order chi connectivity index (χ0) is 15.8. The Morgan fingerprint density at radius 2 is 2.24 bits per heavy atom. The molecule has 1 aliphatic rings.